The first-order valence-electron chi connectivity index (χ1n) is 13.4. The van der Waals surface area contributed by atoms with Gasteiger partial charge in [-0.3, -0.25) is 0 Å². The Kier molecular flexibility index (Phi) is 22.8. The highest BCUT2D eigenvalue weighted by atomic mass is 14.2. The number of hydrogen-bond acceptors (Lipinski definition) is 0. The Morgan fingerprint density at radius 3 is 1.46 bits per heavy atom. The Labute approximate surface area is 180 Å². The van der Waals surface area contributed by atoms with Crippen LogP contribution in [0.15, 0.2) is 12.2 Å². The molecule has 0 aliphatic carbocycles. The largest absolute Gasteiger partial charge is 0.0888 e. The third kappa shape index (κ3) is 19.1. The van der Waals surface area contributed by atoms with Crippen molar-refractivity contribution in [3.05, 3.63) is 12.2 Å². The van der Waals surface area contributed by atoms with E-state index < -0.39 is 0 Å². The zero-order valence-corrected chi connectivity index (χ0v) is 20.5. The van der Waals surface area contributed by atoms with Crippen LogP contribution >= 0.6 is 0 Å². The number of allylic oxidation sites excluding steroid dienone is 2. The molecule has 0 radical (unpaired) electrons. The van der Waals surface area contributed by atoms with E-state index in [9.17, 15) is 0 Å². The van der Waals surface area contributed by atoms with Crippen molar-refractivity contribution in [3.63, 3.8) is 0 Å². The summed E-state index contributed by atoms with van der Waals surface area (Å²) in [4.78, 5) is 0. The predicted molar refractivity (Wildman–Crippen MR) is 131 cm³/mol. The van der Waals surface area contributed by atoms with Gasteiger partial charge in [-0.2, -0.15) is 0 Å². The van der Waals surface area contributed by atoms with E-state index in [0.717, 1.165) is 11.8 Å². The van der Waals surface area contributed by atoms with E-state index in [0.29, 0.717) is 0 Å². The van der Waals surface area contributed by atoms with Crippen LogP contribution in [0.4, 0.5) is 0 Å². The monoisotopic (exact) mass is 392 g/mol. The maximum atomic E-state index is 2.50. The van der Waals surface area contributed by atoms with E-state index in [1.54, 1.807) is 0 Å². The van der Waals surface area contributed by atoms with Gasteiger partial charge in [-0.1, -0.05) is 149 Å². The summed E-state index contributed by atoms with van der Waals surface area (Å²) in [6.45, 7) is 9.41. The first-order valence-corrected chi connectivity index (χ1v) is 13.4. The van der Waals surface area contributed by atoms with Crippen molar-refractivity contribution >= 4 is 0 Å². The highest BCUT2D eigenvalue weighted by Gasteiger charge is 2.14. The van der Waals surface area contributed by atoms with E-state index in [1.165, 1.54) is 128 Å². The van der Waals surface area contributed by atoms with Crippen LogP contribution < -0.4 is 0 Å². The highest BCUT2D eigenvalue weighted by Crippen LogP contribution is 2.27. The van der Waals surface area contributed by atoms with Crippen molar-refractivity contribution in [1.29, 1.82) is 0 Å². The Bertz CT molecular complexity index is 303. The summed E-state index contributed by atoms with van der Waals surface area (Å²) in [7, 11) is 0. The minimum Gasteiger partial charge on any atom is -0.0888 e. The topological polar surface area (TPSA) is 0 Å². The first kappa shape index (κ1) is 27.7. The molecular weight excluding hydrogens is 336 g/mol. The molecule has 0 nitrogen and oxygen atoms in total. The van der Waals surface area contributed by atoms with Crippen LogP contribution in [0.3, 0.4) is 0 Å². The lowest BCUT2D eigenvalue weighted by Gasteiger charge is -2.23. The molecule has 0 aromatic carbocycles. The Hall–Kier alpha value is -0.260. The molecule has 0 heterocycles. The second kappa shape index (κ2) is 23.0. The van der Waals surface area contributed by atoms with E-state index in [1.807, 2.05) is 0 Å². The van der Waals surface area contributed by atoms with Crippen LogP contribution in [0.2, 0.25) is 0 Å². The van der Waals surface area contributed by atoms with E-state index in [2.05, 4.69) is 39.8 Å². The van der Waals surface area contributed by atoms with Gasteiger partial charge in [0.2, 0.25) is 0 Å². The van der Waals surface area contributed by atoms with Gasteiger partial charge in [-0.25, -0.2) is 0 Å². The molecule has 2 atom stereocenters. The van der Waals surface area contributed by atoms with Gasteiger partial charge in [0.25, 0.3) is 0 Å². The van der Waals surface area contributed by atoms with Crippen molar-refractivity contribution in [1.82, 2.24) is 0 Å². The Morgan fingerprint density at radius 2 is 1.00 bits per heavy atom. The fourth-order valence-electron chi connectivity index (χ4n) is 4.42. The molecule has 0 aromatic heterocycles. The van der Waals surface area contributed by atoms with Gasteiger partial charge in [0, 0.05) is 0 Å². The van der Waals surface area contributed by atoms with Crippen molar-refractivity contribution < 1.29 is 0 Å². The standard InChI is InChI=1S/C28H56/c1-5-8-10-12-14-16-17-18-20-22-24-26-28(27(4)7-3)25-23-21-19-15-13-11-9-6-2/h9,11,27-28H,5-8,10,12-26H2,1-4H3/b11-9+. The molecule has 0 heteroatoms. The smallest absolute Gasteiger partial charge is 0.0351 e. The van der Waals surface area contributed by atoms with E-state index in [4.69, 9.17) is 0 Å². The Morgan fingerprint density at radius 1 is 0.536 bits per heavy atom. The van der Waals surface area contributed by atoms with Crippen molar-refractivity contribution in [2.24, 2.45) is 11.8 Å². The summed E-state index contributed by atoms with van der Waals surface area (Å²) < 4.78 is 0. The molecule has 0 rings (SSSR count). The van der Waals surface area contributed by atoms with Gasteiger partial charge in [0.05, 0.1) is 0 Å². The molecule has 2 unspecified atom stereocenters. The molecule has 0 amide bonds. The maximum absolute atomic E-state index is 2.50. The minimum atomic E-state index is 0.926. The molecule has 28 heavy (non-hydrogen) atoms. The van der Waals surface area contributed by atoms with Gasteiger partial charge < -0.3 is 0 Å². The quantitative estimate of drug-likeness (QED) is 0.127. The maximum Gasteiger partial charge on any atom is -0.0351 e. The molecular formula is C28H56. The zero-order valence-electron chi connectivity index (χ0n) is 20.5. The van der Waals surface area contributed by atoms with Crippen LogP contribution in [-0.2, 0) is 0 Å². The summed E-state index contributed by atoms with van der Waals surface area (Å²) >= 11 is 0. The molecule has 0 aliphatic rings. The van der Waals surface area contributed by atoms with Crippen LogP contribution in [-0.4, -0.2) is 0 Å². The van der Waals surface area contributed by atoms with Gasteiger partial charge >= 0.3 is 0 Å². The molecule has 0 aliphatic heterocycles. The molecule has 0 aromatic rings. The van der Waals surface area contributed by atoms with Crippen LogP contribution in [0.5, 0.6) is 0 Å². The third-order valence-corrected chi connectivity index (χ3v) is 6.73. The molecule has 0 saturated carbocycles. The summed E-state index contributed by atoms with van der Waals surface area (Å²) in [5, 5.41) is 0. The summed E-state index contributed by atoms with van der Waals surface area (Å²) in [5.74, 6) is 1.92. The van der Waals surface area contributed by atoms with Gasteiger partial charge in [-0.15, -0.1) is 0 Å². The normalized spacial score (nSPS) is 14.0. The van der Waals surface area contributed by atoms with Gasteiger partial charge in [0.1, 0.15) is 0 Å². The first-order chi connectivity index (χ1) is 13.8. The lowest BCUT2D eigenvalue weighted by molar-refractivity contribution is 0.288. The average Bonchev–Trinajstić information content (AvgIpc) is 2.71. The fraction of sp³-hybridized carbons (Fsp3) is 0.929. The summed E-state index contributed by atoms with van der Waals surface area (Å²) in [5.41, 5.74) is 0. The minimum absolute atomic E-state index is 0.926. The van der Waals surface area contributed by atoms with Crippen molar-refractivity contribution in [3.8, 4) is 0 Å². The zero-order chi connectivity index (χ0) is 20.7. The second-order valence-corrected chi connectivity index (χ2v) is 9.34. The van der Waals surface area contributed by atoms with E-state index in [-0.39, 0.29) is 0 Å². The second-order valence-electron chi connectivity index (χ2n) is 9.34. The highest BCUT2D eigenvalue weighted by molar-refractivity contribution is 4.79. The van der Waals surface area contributed by atoms with E-state index >= 15 is 0 Å². The third-order valence-electron chi connectivity index (χ3n) is 6.73. The van der Waals surface area contributed by atoms with Crippen LogP contribution in [0.25, 0.3) is 0 Å². The molecule has 0 saturated heterocycles. The number of rotatable bonds is 22. The number of hydrogen-bond donors (Lipinski definition) is 0. The lowest BCUT2D eigenvalue weighted by Crippen LogP contribution is -2.11. The lowest BCUT2D eigenvalue weighted by atomic mass is 9.83. The van der Waals surface area contributed by atoms with Crippen molar-refractivity contribution in [2.75, 3.05) is 0 Å². The molecule has 0 bridgehead atoms. The molecule has 0 spiro atoms. The van der Waals surface area contributed by atoms with Crippen molar-refractivity contribution in [2.45, 2.75) is 156 Å². The van der Waals surface area contributed by atoms with Crippen LogP contribution in [0, 0.1) is 11.8 Å². The van der Waals surface area contributed by atoms with Gasteiger partial charge in [0.15, 0.2) is 0 Å². The van der Waals surface area contributed by atoms with Crippen LogP contribution in [0.1, 0.15) is 156 Å². The molecule has 0 fully saturated rings. The fourth-order valence-corrected chi connectivity index (χ4v) is 4.42. The summed E-state index contributed by atoms with van der Waals surface area (Å²) in [6, 6.07) is 0. The number of unbranched alkanes of at least 4 members (excludes halogenated alkanes) is 14. The van der Waals surface area contributed by atoms with Gasteiger partial charge in [-0.05, 0) is 31.1 Å². The SMILES string of the molecule is CC/C=C/CCCCCCC(CCCCCCCCCCCCC)C(C)CC. The summed E-state index contributed by atoms with van der Waals surface area (Å²) in [6.07, 6.45) is 33.3. The average molecular weight is 393 g/mol. The molecule has 168 valence electrons. The Balaban J connectivity index is 3.61. The molecule has 0 N–H and O–H groups in total. The predicted octanol–water partition coefficient (Wildman–Crippen LogP) is 10.7.